The van der Waals surface area contributed by atoms with Gasteiger partial charge in [0.25, 0.3) is 5.91 Å². The minimum absolute atomic E-state index is 0.0154. The molecular weight excluding hydrogens is 520 g/mol. The van der Waals surface area contributed by atoms with Gasteiger partial charge in [-0.15, -0.1) is 24.5 Å². The molecule has 2 aromatic heterocycles. The summed E-state index contributed by atoms with van der Waals surface area (Å²) in [4.78, 5) is 29.5. The van der Waals surface area contributed by atoms with Gasteiger partial charge in [-0.25, -0.2) is 9.78 Å². The number of carbonyl (C=O) groups is 2. The molecule has 36 heavy (non-hydrogen) atoms. The Kier molecular flexibility index (Phi) is 6.75. The number of hydrogen-bond acceptors (Lipinski definition) is 7. The molecule has 2 fully saturated rings. The van der Waals surface area contributed by atoms with Crippen molar-refractivity contribution in [2.24, 2.45) is 5.41 Å². The number of thiophene rings is 1. The van der Waals surface area contributed by atoms with E-state index in [1.54, 1.807) is 0 Å². The van der Waals surface area contributed by atoms with Crippen molar-refractivity contribution in [2.75, 3.05) is 26.7 Å². The van der Waals surface area contributed by atoms with Crippen molar-refractivity contribution in [1.82, 2.24) is 15.2 Å². The van der Waals surface area contributed by atoms with Crippen LogP contribution in [0, 0.1) is 5.41 Å². The molecule has 1 aliphatic heterocycles. The predicted molar refractivity (Wildman–Crippen MR) is 114 cm³/mol. The van der Waals surface area contributed by atoms with Gasteiger partial charge in [0, 0.05) is 37.0 Å². The molecule has 1 atom stereocenters. The molecule has 1 aliphatic carbocycles. The van der Waals surface area contributed by atoms with E-state index in [9.17, 15) is 35.9 Å². The molecule has 2 aromatic rings. The number of pyridine rings is 1. The smallest absolute Gasteiger partial charge is 0.474 e. The van der Waals surface area contributed by atoms with Crippen LogP contribution >= 0.6 is 11.3 Å². The molecule has 15 heteroatoms. The number of amides is 2. The highest BCUT2D eigenvalue weighted by atomic mass is 32.1. The zero-order valence-corrected chi connectivity index (χ0v) is 19.8. The Labute approximate surface area is 204 Å². The summed E-state index contributed by atoms with van der Waals surface area (Å²) in [5.41, 5.74) is -1.33. The number of nitrogens with one attached hydrogen (secondary N) is 1. The highest BCUT2D eigenvalue weighted by Crippen LogP contribution is 2.50. The fourth-order valence-electron chi connectivity index (χ4n) is 4.41. The molecule has 0 bridgehead atoms. The lowest BCUT2D eigenvalue weighted by Gasteiger charge is -2.57. The van der Waals surface area contributed by atoms with Crippen LogP contribution < -0.4 is 10.1 Å². The van der Waals surface area contributed by atoms with Crippen LogP contribution in [-0.2, 0) is 15.7 Å². The zero-order chi connectivity index (χ0) is 26.5. The Morgan fingerprint density at radius 2 is 1.92 bits per heavy atom. The molecule has 1 spiro atoms. The number of halogens is 6. The van der Waals surface area contributed by atoms with Gasteiger partial charge in [0.15, 0.2) is 0 Å². The molecule has 1 N–H and O–H groups in total. The molecule has 8 nitrogen and oxygen atoms in total. The minimum Gasteiger partial charge on any atom is -0.474 e. The first-order valence-electron chi connectivity index (χ1n) is 10.7. The Morgan fingerprint density at radius 1 is 1.25 bits per heavy atom. The standard InChI is InChI=1S/C21H21F6N3O5S/c1-10(35-21(25,26)27)6-33-18(32)30-8-19(9-30)4-11(5-19)34-14-3-13(20(22,23)24)16-15(29-14)12(7-36-16)17(31)28-2/h3,7,10-11H,4-6,8-9H2,1-2H3,(H,28,31). The number of aromatic nitrogens is 1. The van der Waals surface area contributed by atoms with Gasteiger partial charge in [-0.1, -0.05) is 0 Å². The number of carbonyl (C=O) groups excluding carboxylic acids is 2. The van der Waals surface area contributed by atoms with Gasteiger partial charge in [-0.05, 0) is 19.8 Å². The first kappa shape index (κ1) is 26.3. The molecule has 2 amide bonds. The molecule has 0 radical (unpaired) electrons. The molecule has 3 heterocycles. The van der Waals surface area contributed by atoms with Crippen molar-refractivity contribution in [1.29, 1.82) is 0 Å². The Morgan fingerprint density at radius 3 is 2.50 bits per heavy atom. The second-order valence-corrected chi connectivity index (χ2v) is 9.75. The van der Waals surface area contributed by atoms with Crippen LogP contribution in [0.3, 0.4) is 0 Å². The lowest BCUT2D eigenvalue weighted by molar-refractivity contribution is -0.342. The number of fused-ring (bicyclic) bond motifs is 1. The van der Waals surface area contributed by atoms with Gasteiger partial charge in [0.1, 0.15) is 12.7 Å². The number of ether oxygens (including phenoxy) is 3. The van der Waals surface area contributed by atoms with E-state index < -0.39 is 48.9 Å². The van der Waals surface area contributed by atoms with Crippen molar-refractivity contribution in [3.8, 4) is 5.88 Å². The van der Waals surface area contributed by atoms with Crippen LogP contribution in [0.25, 0.3) is 10.2 Å². The van der Waals surface area contributed by atoms with E-state index in [4.69, 9.17) is 9.47 Å². The first-order chi connectivity index (χ1) is 16.7. The van der Waals surface area contributed by atoms with Gasteiger partial charge in [-0.3, -0.25) is 9.53 Å². The molecule has 2 aliphatic rings. The summed E-state index contributed by atoms with van der Waals surface area (Å²) in [5, 5.41) is 3.68. The van der Waals surface area contributed by atoms with Crippen molar-refractivity contribution >= 4 is 33.6 Å². The van der Waals surface area contributed by atoms with Crippen molar-refractivity contribution in [3.05, 3.63) is 22.6 Å². The zero-order valence-electron chi connectivity index (χ0n) is 19.0. The highest BCUT2D eigenvalue weighted by molar-refractivity contribution is 7.17. The van der Waals surface area contributed by atoms with Crippen LogP contribution in [0.5, 0.6) is 5.88 Å². The summed E-state index contributed by atoms with van der Waals surface area (Å²) in [6.45, 7) is 1.12. The van der Waals surface area contributed by atoms with Gasteiger partial charge < -0.3 is 19.7 Å². The van der Waals surface area contributed by atoms with E-state index in [0.29, 0.717) is 12.8 Å². The normalized spacial score (nSPS) is 18.5. The SMILES string of the molecule is CNC(=O)c1csc2c(C(F)(F)F)cc(OC3CC4(C3)CN(C(=O)OCC(C)OC(F)(F)F)C4)nc12. The Bertz CT molecular complexity index is 1150. The van der Waals surface area contributed by atoms with Crippen molar-refractivity contribution in [3.63, 3.8) is 0 Å². The van der Waals surface area contributed by atoms with E-state index in [0.717, 1.165) is 24.3 Å². The Hall–Kier alpha value is -2.81. The molecule has 1 unspecified atom stereocenters. The first-order valence-corrected chi connectivity index (χ1v) is 11.6. The fourth-order valence-corrected chi connectivity index (χ4v) is 5.43. The number of alkyl halides is 6. The van der Waals surface area contributed by atoms with Crippen molar-refractivity contribution < 1.29 is 50.1 Å². The average molecular weight is 541 g/mol. The minimum atomic E-state index is -4.83. The topological polar surface area (TPSA) is 90.0 Å². The third-order valence-electron chi connectivity index (χ3n) is 5.97. The summed E-state index contributed by atoms with van der Waals surface area (Å²) in [7, 11) is 1.36. The van der Waals surface area contributed by atoms with Crippen LogP contribution in [0.15, 0.2) is 11.4 Å². The summed E-state index contributed by atoms with van der Waals surface area (Å²) >= 11 is 0.770. The second-order valence-electron chi connectivity index (χ2n) is 8.87. The third-order valence-corrected chi connectivity index (χ3v) is 6.97. The largest absolute Gasteiger partial charge is 0.522 e. The quantitative estimate of drug-likeness (QED) is 0.539. The van der Waals surface area contributed by atoms with E-state index in [-0.39, 0.29) is 40.2 Å². The maximum atomic E-state index is 13.6. The summed E-state index contributed by atoms with van der Waals surface area (Å²) < 4.78 is 91.5. The third kappa shape index (κ3) is 5.45. The molecule has 0 aromatic carbocycles. The van der Waals surface area contributed by atoms with Crippen LogP contribution in [0.1, 0.15) is 35.7 Å². The van der Waals surface area contributed by atoms with Crippen LogP contribution in [0.4, 0.5) is 31.1 Å². The molecule has 1 saturated carbocycles. The predicted octanol–water partition coefficient (Wildman–Crippen LogP) is 4.58. The van der Waals surface area contributed by atoms with Crippen LogP contribution in [0.2, 0.25) is 0 Å². The van der Waals surface area contributed by atoms with E-state index in [1.165, 1.54) is 17.3 Å². The second kappa shape index (κ2) is 9.25. The van der Waals surface area contributed by atoms with Gasteiger partial charge in [0.2, 0.25) is 5.88 Å². The number of likely N-dealkylation sites (tertiary alicyclic amines) is 1. The summed E-state index contributed by atoms with van der Waals surface area (Å²) in [6, 6.07) is 0.812. The van der Waals surface area contributed by atoms with Crippen LogP contribution in [-0.4, -0.2) is 67.2 Å². The molecular formula is C21H21F6N3O5S. The maximum absolute atomic E-state index is 13.6. The van der Waals surface area contributed by atoms with E-state index in [2.05, 4.69) is 15.0 Å². The number of rotatable bonds is 6. The lowest BCUT2D eigenvalue weighted by atomic mass is 9.62. The van der Waals surface area contributed by atoms with Gasteiger partial charge in [0.05, 0.1) is 27.4 Å². The molecule has 198 valence electrons. The lowest BCUT2D eigenvalue weighted by Crippen LogP contribution is -2.66. The van der Waals surface area contributed by atoms with Crippen molar-refractivity contribution in [2.45, 2.75) is 44.5 Å². The fraction of sp³-hybridized carbons (Fsp3) is 0.571. The number of nitrogens with zero attached hydrogens (tertiary/aromatic N) is 2. The molecule has 1 saturated heterocycles. The van der Waals surface area contributed by atoms with Gasteiger partial charge >= 0.3 is 18.6 Å². The average Bonchev–Trinajstić information content (AvgIpc) is 3.13. The van der Waals surface area contributed by atoms with E-state index >= 15 is 0 Å². The summed E-state index contributed by atoms with van der Waals surface area (Å²) in [5.74, 6) is -0.824. The number of hydrogen-bond donors (Lipinski definition) is 1. The van der Waals surface area contributed by atoms with Gasteiger partial charge in [-0.2, -0.15) is 13.2 Å². The molecule has 4 rings (SSSR count). The highest BCUT2D eigenvalue weighted by Gasteiger charge is 2.55. The monoisotopic (exact) mass is 541 g/mol. The Balaban J connectivity index is 1.34. The maximum Gasteiger partial charge on any atom is 0.522 e. The van der Waals surface area contributed by atoms with E-state index in [1.807, 2.05) is 0 Å². The summed E-state index contributed by atoms with van der Waals surface area (Å²) in [6.07, 6.45) is -11.2.